The first-order chi connectivity index (χ1) is 16.2. The Bertz CT molecular complexity index is 1050. The minimum absolute atomic E-state index is 0.0100. The molecule has 2 aliphatic rings. The van der Waals surface area contributed by atoms with E-state index in [9.17, 15) is 14.0 Å². The lowest BCUT2D eigenvalue weighted by molar-refractivity contribution is -0.146. The van der Waals surface area contributed by atoms with E-state index in [-0.39, 0.29) is 41.4 Å². The zero-order valence-corrected chi connectivity index (χ0v) is 20.3. The first-order valence-corrected chi connectivity index (χ1v) is 12.0. The van der Waals surface area contributed by atoms with Crippen LogP contribution in [-0.2, 0) is 25.5 Å². The Labute approximate surface area is 200 Å². The van der Waals surface area contributed by atoms with Crippen LogP contribution in [0.5, 0.6) is 5.75 Å². The number of hydrogen-bond acceptors (Lipinski definition) is 5. The van der Waals surface area contributed by atoms with E-state index in [2.05, 4.69) is 6.07 Å². The molecule has 2 aromatic carbocycles. The van der Waals surface area contributed by atoms with Crippen LogP contribution in [0.3, 0.4) is 0 Å². The van der Waals surface area contributed by atoms with Crippen LogP contribution in [-0.4, -0.2) is 37.2 Å². The molecule has 1 saturated carbocycles. The summed E-state index contributed by atoms with van der Waals surface area (Å²) in [4.78, 5) is 24.4. The molecular weight excluding hydrogens is 435 g/mol. The minimum Gasteiger partial charge on any atom is -0.491 e. The lowest BCUT2D eigenvalue weighted by Crippen LogP contribution is -2.35. The maximum atomic E-state index is 13.7. The molecule has 1 heterocycles. The normalized spacial score (nSPS) is 26.2. The highest BCUT2D eigenvalue weighted by molar-refractivity contribution is 5.78. The molecule has 4 unspecified atom stereocenters. The van der Waals surface area contributed by atoms with Crippen molar-refractivity contribution in [1.82, 2.24) is 0 Å². The Balaban J connectivity index is 1.69. The van der Waals surface area contributed by atoms with Crippen molar-refractivity contribution in [1.29, 1.82) is 0 Å². The quantitative estimate of drug-likeness (QED) is 0.513. The first-order valence-electron chi connectivity index (χ1n) is 12.0. The predicted molar refractivity (Wildman–Crippen MR) is 127 cm³/mol. The second-order valence-electron chi connectivity index (χ2n) is 9.89. The monoisotopic (exact) mass is 468 g/mol. The molecule has 0 amide bonds. The third-order valence-corrected chi connectivity index (χ3v) is 7.07. The number of carbonyl (C=O) groups excluding carboxylic acids is 2. The maximum absolute atomic E-state index is 13.7. The van der Waals surface area contributed by atoms with Gasteiger partial charge in [0.25, 0.3) is 0 Å². The van der Waals surface area contributed by atoms with Gasteiger partial charge in [-0.05, 0) is 74.9 Å². The summed E-state index contributed by atoms with van der Waals surface area (Å²) >= 11 is 0. The highest BCUT2D eigenvalue weighted by atomic mass is 19.1. The Morgan fingerprint density at radius 2 is 1.91 bits per heavy atom. The summed E-state index contributed by atoms with van der Waals surface area (Å²) in [6, 6.07) is 12.3. The van der Waals surface area contributed by atoms with Gasteiger partial charge >= 0.3 is 5.97 Å². The van der Waals surface area contributed by atoms with Gasteiger partial charge in [-0.3, -0.25) is 9.59 Å². The molecule has 0 radical (unpaired) electrons. The smallest absolute Gasteiger partial charge is 0.309 e. The molecule has 0 N–H and O–H groups in total. The summed E-state index contributed by atoms with van der Waals surface area (Å²) in [5, 5.41) is 0. The second kappa shape index (κ2) is 9.87. The van der Waals surface area contributed by atoms with E-state index >= 15 is 0 Å². The molecule has 4 atom stereocenters. The number of methoxy groups -OCH3 is 1. The average Bonchev–Trinajstić information content (AvgIpc) is 3.38. The third kappa shape index (κ3) is 4.88. The van der Waals surface area contributed by atoms with Crippen LogP contribution in [0.4, 0.5) is 4.39 Å². The molecule has 1 aliphatic heterocycles. The SMILES string of the molecule is COC(=O)C1CCC2(CC(c3cc(CC(C)=O)ccc3OC(C)C)CO2)C1c1ccc(F)cc1. The lowest BCUT2D eigenvalue weighted by Gasteiger charge is -2.33. The van der Waals surface area contributed by atoms with Gasteiger partial charge < -0.3 is 14.2 Å². The van der Waals surface area contributed by atoms with E-state index in [0.29, 0.717) is 25.9 Å². The van der Waals surface area contributed by atoms with Crippen LogP contribution >= 0.6 is 0 Å². The van der Waals surface area contributed by atoms with Crippen molar-refractivity contribution in [3.8, 4) is 5.75 Å². The lowest BCUT2D eigenvalue weighted by atomic mass is 9.76. The summed E-state index contributed by atoms with van der Waals surface area (Å²) in [6.45, 7) is 6.05. The van der Waals surface area contributed by atoms with Crippen LogP contribution in [0.25, 0.3) is 0 Å². The summed E-state index contributed by atoms with van der Waals surface area (Å²) in [6.07, 6.45) is 2.47. The Hall–Kier alpha value is -2.73. The van der Waals surface area contributed by atoms with E-state index in [4.69, 9.17) is 14.2 Å². The molecular formula is C28H33FO5. The van der Waals surface area contributed by atoms with Gasteiger partial charge in [0.2, 0.25) is 0 Å². The standard InChI is InChI=1S/C28H33FO5/c1-17(2)34-25-10-5-19(13-18(3)30)14-24(25)21-15-28(33-16-21)12-11-23(27(31)32-4)26(28)20-6-8-22(29)9-7-20/h5-10,14,17,21,23,26H,11-13,15-16H2,1-4H3. The second-order valence-corrected chi connectivity index (χ2v) is 9.89. The maximum Gasteiger partial charge on any atom is 0.309 e. The molecule has 1 spiro atoms. The molecule has 0 aromatic heterocycles. The van der Waals surface area contributed by atoms with Crippen LogP contribution in [0.2, 0.25) is 0 Å². The van der Waals surface area contributed by atoms with Crippen molar-refractivity contribution < 1.29 is 28.2 Å². The molecule has 34 heavy (non-hydrogen) atoms. The first kappa shape index (κ1) is 24.4. The number of Topliss-reactive ketones (excluding diaryl/α,β-unsaturated/α-hetero) is 1. The molecule has 182 valence electrons. The molecule has 2 fully saturated rings. The van der Waals surface area contributed by atoms with Crippen molar-refractivity contribution in [3.05, 3.63) is 65.0 Å². The third-order valence-electron chi connectivity index (χ3n) is 7.07. The van der Waals surface area contributed by atoms with Crippen LogP contribution < -0.4 is 4.74 Å². The zero-order chi connectivity index (χ0) is 24.5. The van der Waals surface area contributed by atoms with E-state index < -0.39 is 5.60 Å². The Kier molecular flexibility index (Phi) is 7.08. The zero-order valence-electron chi connectivity index (χ0n) is 20.3. The summed E-state index contributed by atoms with van der Waals surface area (Å²) in [5.74, 6) is -0.173. The summed E-state index contributed by atoms with van der Waals surface area (Å²) < 4.78 is 31.4. The van der Waals surface area contributed by atoms with Gasteiger partial charge in [-0.2, -0.15) is 0 Å². The van der Waals surface area contributed by atoms with Crippen LogP contribution in [0.1, 0.15) is 68.6 Å². The van der Waals surface area contributed by atoms with Crippen molar-refractivity contribution in [3.63, 3.8) is 0 Å². The molecule has 0 bridgehead atoms. The Morgan fingerprint density at radius 3 is 2.56 bits per heavy atom. The number of esters is 1. The molecule has 1 saturated heterocycles. The van der Waals surface area contributed by atoms with Gasteiger partial charge in [0.15, 0.2) is 0 Å². The largest absolute Gasteiger partial charge is 0.491 e. The minimum atomic E-state index is -0.549. The van der Waals surface area contributed by atoms with E-state index in [0.717, 1.165) is 28.9 Å². The molecule has 4 rings (SSSR count). The summed E-state index contributed by atoms with van der Waals surface area (Å²) in [7, 11) is 1.41. The predicted octanol–water partition coefficient (Wildman–Crippen LogP) is 5.35. The fraction of sp³-hybridized carbons (Fsp3) is 0.500. The molecule has 1 aliphatic carbocycles. The number of benzene rings is 2. The topological polar surface area (TPSA) is 61.8 Å². The number of ketones is 1. The summed E-state index contributed by atoms with van der Waals surface area (Å²) in [5.41, 5.74) is 2.32. The van der Waals surface area contributed by atoms with Crippen LogP contribution in [0, 0.1) is 11.7 Å². The van der Waals surface area contributed by atoms with E-state index in [1.807, 2.05) is 26.0 Å². The van der Waals surface area contributed by atoms with Gasteiger partial charge in [0.1, 0.15) is 17.3 Å². The molecule has 6 heteroatoms. The highest BCUT2D eigenvalue weighted by Crippen LogP contribution is 2.57. The van der Waals surface area contributed by atoms with Crippen molar-refractivity contribution in [2.75, 3.05) is 13.7 Å². The number of hydrogen-bond donors (Lipinski definition) is 0. The number of rotatable bonds is 7. The highest BCUT2D eigenvalue weighted by Gasteiger charge is 2.56. The van der Waals surface area contributed by atoms with Gasteiger partial charge in [-0.15, -0.1) is 0 Å². The van der Waals surface area contributed by atoms with E-state index in [1.165, 1.54) is 19.2 Å². The number of carbonyl (C=O) groups is 2. The van der Waals surface area contributed by atoms with Crippen LogP contribution in [0.15, 0.2) is 42.5 Å². The van der Waals surface area contributed by atoms with Crippen molar-refractivity contribution >= 4 is 11.8 Å². The fourth-order valence-electron chi connectivity index (χ4n) is 5.77. The number of halogens is 1. The number of ether oxygens (including phenoxy) is 3. The average molecular weight is 469 g/mol. The fourth-order valence-corrected chi connectivity index (χ4v) is 5.77. The van der Waals surface area contributed by atoms with Gasteiger partial charge in [-0.25, -0.2) is 4.39 Å². The van der Waals surface area contributed by atoms with Crippen molar-refractivity contribution in [2.24, 2.45) is 5.92 Å². The Morgan fingerprint density at radius 1 is 1.18 bits per heavy atom. The van der Waals surface area contributed by atoms with Crippen molar-refractivity contribution in [2.45, 2.75) is 70.0 Å². The molecule has 5 nitrogen and oxygen atoms in total. The van der Waals surface area contributed by atoms with E-state index in [1.54, 1.807) is 19.1 Å². The molecule has 2 aromatic rings. The van der Waals surface area contributed by atoms with Gasteiger partial charge in [-0.1, -0.05) is 24.3 Å². The van der Waals surface area contributed by atoms with Gasteiger partial charge in [0.05, 0.1) is 31.3 Å². The van der Waals surface area contributed by atoms with Gasteiger partial charge in [0, 0.05) is 18.3 Å².